The number of para-hydroxylation sites is 1. The number of rotatable bonds is 5. The van der Waals surface area contributed by atoms with Gasteiger partial charge in [-0.15, -0.1) is 18.2 Å². The molecule has 8 rings (SSSR count). The van der Waals surface area contributed by atoms with Crippen LogP contribution in [-0.2, 0) is 31.9 Å². The molecule has 4 heterocycles. The molecule has 0 radical (unpaired) electrons. The first kappa shape index (κ1) is 34.4. The molecule has 51 heavy (non-hydrogen) atoms. The Balaban J connectivity index is 0.00000406. The molecule has 0 unspecified atom stereocenters. The van der Waals surface area contributed by atoms with E-state index in [9.17, 15) is 0 Å². The monoisotopic (exact) mass is 843 g/mol. The Bertz CT molecular complexity index is 2490. The average Bonchev–Trinajstić information content (AvgIpc) is 3.75. The number of hydrogen-bond acceptors (Lipinski definition) is 2. The van der Waals surface area contributed by atoms with E-state index in [1.165, 1.54) is 22.3 Å². The van der Waals surface area contributed by atoms with Gasteiger partial charge in [-0.05, 0) is 50.1 Å². The summed E-state index contributed by atoms with van der Waals surface area (Å²) >= 11 is 0. The van der Waals surface area contributed by atoms with Gasteiger partial charge >= 0.3 is 21.1 Å². The van der Waals surface area contributed by atoms with Crippen LogP contribution in [-0.4, -0.2) is 14.5 Å². The van der Waals surface area contributed by atoms with Crippen molar-refractivity contribution in [2.24, 2.45) is 0 Å². The van der Waals surface area contributed by atoms with Crippen LogP contribution in [0.1, 0.15) is 52.8 Å². The smallest absolute Gasteiger partial charge is 0.439 e. The van der Waals surface area contributed by atoms with Crippen LogP contribution in [0.3, 0.4) is 0 Å². The average molecular weight is 844 g/mol. The minimum absolute atomic E-state index is 0. The van der Waals surface area contributed by atoms with Gasteiger partial charge in [0, 0.05) is 23.0 Å². The van der Waals surface area contributed by atoms with Gasteiger partial charge in [-0.3, -0.25) is 9.97 Å². The maximum atomic E-state index is 5.41. The summed E-state index contributed by atoms with van der Waals surface area (Å²) in [6.45, 7) is 13.4. The summed E-state index contributed by atoms with van der Waals surface area (Å²) in [4.78, 5) is 15.3. The van der Waals surface area contributed by atoms with E-state index in [1.807, 2.05) is 24.4 Å². The van der Waals surface area contributed by atoms with Gasteiger partial charge in [0.05, 0.1) is 5.65 Å². The summed E-state index contributed by atoms with van der Waals surface area (Å²) < 4.78 is 2.20. The van der Waals surface area contributed by atoms with E-state index >= 15 is 0 Å². The van der Waals surface area contributed by atoms with Crippen molar-refractivity contribution >= 4 is 21.9 Å². The summed E-state index contributed by atoms with van der Waals surface area (Å²) in [5.74, 6) is 0.879. The second kappa shape index (κ2) is 13.2. The number of fused-ring (bicyclic) bond motifs is 3. The van der Waals surface area contributed by atoms with E-state index in [0.717, 1.165) is 61.5 Å². The fourth-order valence-corrected chi connectivity index (χ4v) is 6.76. The maximum Gasteiger partial charge on any atom is 2.00 e. The standard InChI is InChI=1S/C46H40N4.Pt/c1-45(2,3)34-19-20-35(30-14-8-7-9-15-30)38(29-34)31-26-32(39-17-12-13-25-47-39)28-33(27-31)40-22-21-37-36-16-10-11-18-41(36)50(44(37)48-40)43-24-23-42(49-43)46(4,5)6;/h7-27,29H,1-6H3;/q-2;+2. The van der Waals surface area contributed by atoms with Gasteiger partial charge in [0.1, 0.15) is 0 Å². The van der Waals surface area contributed by atoms with E-state index in [4.69, 9.17) is 15.0 Å². The van der Waals surface area contributed by atoms with Gasteiger partial charge in [-0.25, -0.2) is 0 Å². The van der Waals surface area contributed by atoms with Crippen molar-refractivity contribution in [1.82, 2.24) is 19.5 Å². The van der Waals surface area contributed by atoms with Crippen molar-refractivity contribution in [3.63, 3.8) is 0 Å². The molecule has 0 bridgehead atoms. The van der Waals surface area contributed by atoms with Gasteiger partial charge in [-0.1, -0.05) is 179 Å². The van der Waals surface area contributed by atoms with Crippen LogP contribution in [0, 0.1) is 6.07 Å². The fourth-order valence-electron chi connectivity index (χ4n) is 6.76. The van der Waals surface area contributed by atoms with Crippen molar-refractivity contribution in [1.29, 1.82) is 0 Å². The van der Waals surface area contributed by atoms with E-state index in [2.05, 4.69) is 161 Å². The molecule has 5 heteroatoms. The van der Waals surface area contributed by atoms with Crippen LogP contribution in [0.15, 0.2) is 134 Å². The van der Waals surface area contributed by atoms with Crippen LogP contribution < -0.4 is 4.98 Å². The molecule has 0 saturated carbocycles. The number of hydrogen-bond donors (Lipinski definition) is 0. The molecule has 0 atom stereocenters. The summed E-state index contributed by atoms with van der Waals surface area (Å²) in [5, 5.41) is 2.25. The number of aromatic nitrogens is 4. The van der Waals surface area contributed by atoms with E-state index in [-0.39, 0.29) is 31.9 Å². The summed E-state index contributed by atoms with van der Waals surface area (Å²) in [6.07, 6.45) is 1.84. The van der Waals surface area contributed by atoms with Gasteiger partial charge in [0.25, 0.3) is 0 Å². The molecule has 8 aromatic rings. The molecule has 0 aliphatic carbocycles. The molecule has 0 spiro atoms. The maximum absolute atomic E-state index is 5.41. The predicted octanol–water partition coefficient (Wildman–Crippen LogP) is 11.6. The summed E-state index contributed by atoms with van der Waals surface area (Å²) in [5.41, 5.74) is 12.4. The zero-order valence-corrected chi connectivity index (χ0v) is 32.1. The Labute approximate surface area is 314 Å². The van der Waals surface area contributed by atoms with Crippen molar-refractivity contribution in [2.75, 3.05) is 0 Å². The summed E-state index contributed by atoms with van der Waals surface area (Å²) in [7, 11) is 0. The van der Waals surface area contributed by atoms with Gasteiger partial charge < -0.3 is 9.55 Å². The molecular formula is C46H40N4Pt. The third-order valence-corrected chi connectivity index (χ3v) is 9.51. The van der Waals surface area contributed by atoms with Crippen molar-refractivity contribution in [3.05, 3.63) is 151 Å². The van der Waals surface area contributed by atoms with Gasteiger partial charge in [-0.2, -0.15) is 0 Å². The number of benzene rings is 4. The quantitative estimate of drug-likeness (QED) is 0.162. The fraction of sp³-hybridized carbons (Fsp3) is 0.174. The third kappa shape index (κ3) is 6.50. The molecule has 4 nitrogen and oxygen atoms in total. The van der Waals surface area contributed by atoms with Crippen molar-refractivity contribution < 1.29 is 21.1 Å². The van der Waals surface area contributed by atoms with E-state index in [1.54, 1.807) is 0 Å². The zero-order valence-electron chi connectivity index (χ0n) is 29.8. The second-order valence-electron chi connectivity index (χ2n) is 15.1. The Morgan fingerprint density at radius 3 is 2.02 bits per heavy atom. The topological polar surface area (TPSA) is 44.8 Å². The molecular weight excluding hydrogens is 804 g/mol. The Kier molecular flexibility index (Phi) is 8.94. The van der Waals surface area contributed by atoms with E-state index < -0.39 is 0 Å². The molecule has 0 aliphatic heterocycles. The predicted molar refractivity (Wildman–Crippen MR) is 208 cm³/mol. The van der Waals surface area contributed by atoms with Crippen LogP contribution in [0.25, 0.3) is 72.5 Å². The largest absolute Gasteiger partial charge is 2.00 e. The minimum Gasteiger partial charge on any atom is -0.439 e. The molecule has 4 aromatic heterocycles. The molecule has 0 fully saturated rings. The molecule has 0 N–H and O–H groups in total. The Hall–Kier alpha value is -5.05. The van der Waals surface area contributed by atoms with Crippen LogP contribution >= 0.6 is 0 Å². The van der Waals surface area contributed by atoms with Gasteiger partial charge in [0.15, 0.2) is 0 Å². The molecule has 0 aliphatic rings. The Morgan fingerprint density at radius 1 is 0.588 bits per heavy atom. The minimum atomic E-state index is -0.0598. The van der Waals surface area contributed by atoms with E-state index in [0.29, 0.717) is 0 Å². The second-order valence-corrected chi connectivity index (χ2v) is 15.1. The normalized spacial score (nSPS) is 12.0. The number of pyridine rings is 2. The number of nitrogens with zero attached hydrogens (tertiary/aromatic N) is 4. The molecule has 254 valence electrons. The Morgan fingerprint density at radius 2 is 1.31 bits per heavy atom. The first-order valence-corrected chi connectivity index (χ1v) is 17.3. The van der Waals surface area contributed by atoms with Crippen LogP contribution in [0.2, 0.25) is 0 Å². The molecule has 4 aromatic carbocycles. The SMILES string of the molecule is CC(C)(C)c1ccc(-c2ccccc2)c(-c2cc(-c3ccccn3)[c-]c(-c3ccc4c5ccccc5n(-c5ccc(C(C)(C)C)[n-]5)c4n3)c2)c1.[Pt+2]. The zero-order chi connectivity index (χ0) is 34.6. The molecule has 0 amide bonds. The van der Waals surface area contributed by atoms with Crippen molar-refractivity contribution in [3.8, 4) is 50.6 Å². The first-order chi connectivity index (χ1) is 24.0. The third-order valence-electron chi connectivity index (χ3n) is 9.51. The van der Waals surface area contributed by atoms with Crippen LogP contribution in [0.5, 0.6) is 0 Å². The first-order valence-electron chi connectivity index (χ1n) is 17.3. The molecule has 0 saturated heterocycles. The van der Waals surface area contributed by atoms with Crippen molar-refractivity contribution in [2.45, 2.75) is 52.4 Å². The summed E-state index contributed by atoms with van der Waals surface area (Å²) in [6, 6.07) is 48.8. The van der Waals surface area contributed by atoms with Crippen LogP contribution in [0.4, 0.5) is 0 Å². The van der Waals surface area contributed by atoms with Gasteiger partial charge in [0.2, 0.25) is 0 Å².